The van der Waals surface area contributed by atoms with Crippen molar-refractivity contribution in [2.45, 2.75) is 39.3 Å². The van der Waals surface area contributed by atoms with Crippen LogP contribution in [0.25, 0.3) is 0 Å². The van der Waals surface area contributed by atoms with Crippen molar-refractivity contribution >= 4 is 0 Å². The molecule has 0 aliphatic rings. The largest absolute Gasteiger partial charge is 0.494 e. The van der Waals surface area contributed by atoms with Crippen molar-refractivity contribution in [3.63, 3.8) is 0 Å². The van der Waals surface area contributed by atoms with E-state index in [1.807, 2.05) is 38.1 Å². The summed E-state index contributed by atoms with van der Waals surface area (Å²) in [5.74, 6) is 0.900. The number of aliphatic hydroxyl groups is 1. The maximum atomic E-state index is 9.29. The molecule has 1 rings (SSSR count). The molecule has 1 unspecified atom stereocenters. The fourth-order valence-electron chi connectivity index (χ4n) is 1.48. The highest BCUT2D eigenvalue weighted by molar-refractivity contribution is 5.27. The van der Waals surface area contributed by atoms with Crippen LogP contribution in [0, 0.1) is 0 Å². The Bertz CT molecular complexity index is 317. The second-order valence-electron chi connectivity index (χ2n) is 4.50. The standard InChI is InChI=1S/C14H23NO2/c1-4-14(3,11-16)15-10-12-6-8-13(9-7-12)17-5-2/h6-9,15-16H,4-5,10-11H2,1-3H3. The minimum absolute atomic E-state index is 0.153. The molecule has 0 fully saturated rings. The van der Waals surface area contributed by atoms with Crippen LogP contribution in [-0.4, -0.2) is 23.9 Å². The predicted molar refractivity (Wildman–Crippen MR) is 70.2 cm³/mol. The van der Waals surface area contributed by atoms with Crippen LogP contribution in [0.4, 0.5) is 0 Å². The maximum absolute atomic E-state index is 9.29. The fourth-order valence-corrected chi connectivity index (χ4v) is 1.48. The average Bonchev–Trinajstić information content (AvgIpc) is 2.38. The van der Waals surface area contributed by atoms with Crippen LogP contribution in [0.2, 0.25) is 0 Å². The zero-order valence-corrected chi connectivity index (χ0v) is 11.0. The average molecular weight is 237 g/mol. The van der Waals surface area contributed by atoms with E-state index in [0.29, 0.717) is 6.61 Å². The molecule has 1 aromatic carbocycles. The van der Waals surface area contributed by atoms with Crippen LogP contribution >= 0.6 is 0 Å². The van der Waals surface area contributed by atoms with Gasteiger partial charge in [-0.3, -0.25) is 0 Å². The van der Waals surface area contributed by atoms with Gasteiger partial charge in [-0.1, -0.05) is 19.1 Å². The van der Waals surface area contributed by atoms with Crippen molar-refractivity contribution in [1.82, 2.24) is 5.32 Å². The van der Waals surface area contributed by atoms with Gasteiger partial charge in [0.1, 0.15) is 5.75 Å². The Balaban J connectivity index is 2.52. The van der Waals surface area contributed by atoms with Crippen LogP contribution in [0.3, 0.4) is 0 Å². The second kappa shape index (κ2) is 6.62. The van der Waals surface area contributed by atoms with E-state index < -0.39 is 0 Å². The summed E-state index contributed by atoms with van der Waals surface area (Å²) in [5, 5.41) is 12.7. The first-order valence-electron chi connectivity index (χ1n) is 6.21. The molecule has 0 saturated heterocycles. The number of benzene rings is 1. The van der Waals surface area contributed by atoms with Crippen molar-refractivity contribution < 1.29 is 9.84 Å². The zero-order valence-electron chi connectivity index (χ0n) is 11.0. The number of hydrogen-bond acceptors (Lipinski definition) is 3. The lowest BCUT2D eigenvalue weighted by atomic mass is 10.00. The van der Waals surface area contributed by atoms with E-state index in [9.17, 15) is 5.11 Å². The topological polar surface area (TPSA) is 41.5 Å². The van der Waals surface area contributed by atoms with Gasteiger partial charge < -0.3 is 15.2 Å². The molecule has 1 atom stereocenters. The first-order valence-corrected chi connectivity index (χ1v) is 6.21. The first kappa shape index (κ1) is 14.0. The van der Waals surface area contributed by atoms with Gasteiger partial charge >= 0.3 is 0 Å². The number of hydrogen-bond donors (Lipinski definition) is 2. The molecule has 3 nitrogen and oxygen atoms in total. The molecular formula is C14H23NO2. The zero-order chi connectivity index (χ0) is 12.7. The van der Waals surface area contributed by atoms with E-state index in [0.717, 1.165) is 18.7 Å². The first-order chi connectivity index (χ1) is 8.13. The van der Waals surface area contributed by atoms with Crippen LogP contribution < -0.4 is 10.1 Å². The molecule has 0 bridgehead atoms. The molecule has 0 saturated carbocycles. The third kappa shape index (κ3) is 4.36. The second-order valence-corrected chi connectivity index (χ2v) is 4.50. The molecular weight excluding hydrogens is 214 g/mol. The van der Waals surface area contributed by atoms with E-state index in [2.05, 4.69) is 12.2 Å². The highest BCUT2D eigenvalue weighted by Crippen LogP contribution is 2.14. The smallest absolute Gasteiger partial charge is 0.119 e. The van der Waals surface area contributed by atoms with Crippen molar-refractivity contribution in [3.8, 4) is 5.75 Å². The van der Waals surface area contributed by atoms with Gasteiger partial charge in [0.2, 0.25) is 0 Å². The molecule has 2 N–H and O–H groups in total. The lowest BCUT2D eigenvalue weighted by Gasteiger charge is -2.27. The molecule has 0 aliphatic carbocycles. The van der Waals surface area contributed by atoms with Crippen LogP contribution in [0.15, 0.2) is 24.3 Å². The van der Waals surface area contributed by atoms with Gasteiger partial charge in [-0.25, -0.2) is 0 Å². The lowest BCUT2D eigenvalue weighted by Crippen LogP contribution is -2.44. The molecule has 17 heavy (non-hydrogen) atoms. The highest BCUT2D eigenvalue weighted by Gasteiger charge is 2.19. The summed E-state index contributed by atoms with van der Waals surface area (Å²) in [4.78, 5) is 0. The Morgan fingerprint density at radius 3 is 2.35 bits per heavy atom. The van der Waals surface area contributed by atoms with Gasteiger partial charge in [0.15, 0.2) is 0 Å². The molecule has 0 aromatic heterocycles. The Labute approximate surface area is 104 Å². The van der Waals surface area contributed by atoms with Crippen molar-refractivity contribution in [2.24, 2.45) is 0 Å². The Morgan fingerprint density at radius 2 is 1.88 bits per heavy atom. The minimum atomic E-state index is -0.196. The van der Waals surface area contributed by atoms with Gasteiger partial charge in [0, 0.05) is 12.1 Å². The Kier molecular flexibility index (Phi) is 5.45. The summed E-state index contributed by atoms with van der Waals surface area (Å²) >= 11 is 0. The van der Waals surface area contributed by atoms with Gasteiger partial charge in [-0.15, -0.1) is 0 Å². The number of rotatable bonds is 7. The minimum Gasteiger partial charge on any atom is -0.494 e. The molecule has 3 heteroatoms. The van der Waals surface area contributed by atoms with E-state index >= 15 is 0 Å². The molecule has 1 aromatic rings. The van der Waals surface area contributed by atoms with E-state index in [-0.39, 0.29) is 12.1 Å². The quantitative estimate of drug-likeness (QED) is 0.765. The monoisotopic (exact) mass is 237 g/mol. The fraction of sp³-hybridized carbons (Fsp3) is 0.571. The van der Waals surface area contributed by atoms with Gasteiger partial charge in [0.05, 0.1) is 13.2 Å². The molecule has 0 spiro atoms. The van der Waals surface area contributed by atoms with Gasteiger partial charge in [0.25, 0.3) is 0 Å². The summed E-state index contributed by atoms with van der Waals surface area (Å²) in [7, 11) is 0. The van der Waals surface area contributed by atoms with Gasteiger partial charge in [-0.05, 0) is 38.0 Å². The maximum Gasteiger partial charge on any atom is 0.119 e. The van der Waals surface area contributed by atoms with Crippen molar-refractivity contribution in [3.05, 3.63) is 29.8 Å². The van der Waals surface area contributed by atoms with E-state index in [1.165, 1.54) is 5.56 Å². The number of aliphatic hydroxyl groups excluding tert-OH is 1. The predicted octanol–water partition coefficient (Wildman–Crippen LogP) is 2.34. The highest BCUT2D eigenvalue weighted by atomic mass is 16.5. The Morgan fingerprint density at radius 1 is 1.24 bits per heavy atom. The molecule has 0 heterocycles. The summed E-state index contributed by atoms with van der Waals surface area (Å²) in [6, 6.07) is 8.04. The molecule has 0 radical (unpaired) electrons. The lowest BCUT2D eigenvalue weighted by molar-refractivity contribution is 0.169. The summed E-state index contributed by atoms with van der Waals surface area (Å²) < 4.78 is 5.39. The van der Waals surface area contributed by atoms with Crippen molar-refractivity contribution in [2.75, 3.05) is 13.2 Å². The number of nitrogens with one attached hydrogen (secondary N) is 1. The van der Waals surface area contributed by atoms with Crippen LogP contribution in [-0.2, 0) is 6.54 Å². The third-order valence-electron chi connectivity index (χ3n) is 3.08. The summed E-state index contributed by atoms with van der Waals surface area (Å²) in [6.07, 6.45) is 0.903. The van der Waals surface area contributed by atoms with Gasteiger partial charge in [-0.2, -0.15) is 0 Å². The van der Waals surface area contributed by atoms with Crippen LogP contribution in [0.5, 0.6) is 5.75 Å². The van der Waals surface area contributed by atoms with E-state index in [4.69, 9.17) is 4.74 Å². The van der Waals surface area contributed by atoms with Crippen molar-refractivity contribution in [1.29, 1.82) is 0 Å². The number of ether oxygens (including phenoxy) is 1. The Hall–Kier alpha value is -1.06. The normalized spacial score (nSPS) is 14.4. The SMILES string of the molecule is CCOc1ccc(CNC(C)(CC)CO)cc1. The van der Waals surface area contributed by atoms with Crippen LogP contribution in [0.1, 0.15) is 32.8 Å². The molecule has 0 amide bonds. The summed E-state index contributed by atoms with van der Waals surface area (Å²) in [6.45, 7) is 7.68. The molecule has 96 valence electrons. The van der Waals surface area contributed by atoms with E-state index in [1.54, 1.807) is 0 Å². The summed E-state index contributed by atoms with van der Waals surface area (Å²) in [5.41, 5.74) is 1.00. The third-order valence-corrected chi connectivity index (χ3v) is 3.08. The molecule has 0 aliphatic heterocycles.